The summed E-state index contributed by atoms with van der Waals surface area (Å²) in [4.78, 5) is 20.1. The highest BCUT2D eigenvalue weighted by Gasteiger charge is 2.11. The van der Waals surface area contributed by atoms with E-state index in [-0.39, 0.29) is 18.3 Å². The Morgan fingerprint density at radius 2 is 1.93 bits per heavy atom. The van der Waals surface area contributed by atoms with Crippen molar-refractivity contribution in [2.24, 2.45) is 0 Å². The standard InChI is InChI=1S/C21H15FN6O/c22-14-5-3-4-13(10-14)21-24-16-9-8-15(11-18(16)25-21)23-20(29)12-28-19-7-2-1-6-17(19)26-27-28/h1-11H,12H2,(H,23,29)(H,24,25). The van der Waals surface area contributed by atoms with E-state index < -0.39 is 0 Å². The van der Waals surface area contributed by atoms with Crippen molar-refractivity contribution in [2.45, 2.75) is 6.54 Å². The number of amides is 1. The van der Waals surface area contributed by atoms with Crippen LogP contribution in [0.15, 0.2) is 66.7 Å². The minimum Gasteiger partial charge on any atom is -0.338 e. The van der Waals surface area contributed by atoms with Crippen LogP contribution in [0, 0.1) is 5.82 Å². The number of H-pyrrole nitrogens is 1. The molecule has 5 rings (SSSR count). The molecule has 2 heterocycles. The number of rotatable bonds is 4. The first kappa shape index (κ1) is 17.1. The van der Waals surface area contributed by atoms with Crippen LogP contribution in [0.3, 0.4) is 0 Å². The summed E-state index contributed by atoms with van der Waals surface area (Å²) in [7, 11) is 0. The number of hydrogen-bond donors (Lipinski definition) is 2. The monoisotopic (exact) mass is 386 g/mol. The molecule has 5 aromatic rings. The van der Waals surface area contributed by atoms with Crippen LogP contribution in [0.5, 0.6) is 0 Å². The smallest absolute Gasteiger partial charge is 0.246 e. The number of carbonyl (C=O) groups excluding carboxylic acids is 1. The van der Waals surface area contributed by atoms with E-state index in [9.17, 15) is 9.18 Å². The van der Waals surface area contributed by atoms with Crippen LogP contribution in [0.25, 0.3) is 33.5 Å². The zero-order valence-electron chi connectivity index (χ0n) is 15.1. The number of fused-ring (bicyclic) bond motifs is 2. The minimum absolute atomic E-state index is 0.0517. The summed E-state index contributed by atoms with van der Waals surface area (Å²) in [6.07, 6.45) is 0. The van der Waals surface area contributed by atoms with Gasteiger partial charge in [-0.15, -0.1) is 5.10 Å². The average Bonchev–Trinajstić information content (AvgIpc) is 3.32. The molecule has 2 aromatic heterocycles. The topological polar surface area (TPSA) is 88.5 Å². The molecule has 2 N–H and O–H groups in total. The van der Waals surface area contributed by atoms with Gasteiger partial charge in [-0.1, -0.05) is 29.5 Å². The van der Waals surface area contributed by atoms with Crippen molar-refractivity contribution in [3.63, 3.8) is 0 Å². The molecule has 29 heavy (non-hydrogen) atoms. The number of carbonyl (C=O) groups is 1. The van der Waals surface area contributed by atoms with E-state index in [1.165, 1.54) is 12.1 Å². The number of nitrogens with one attached hydrogen (secondary N) is 2. The molecule has 8 heteroatoms. The van der Waals surface area contributed by atoms with Gasteiger partial charge in [0.2, 0.25) is 5.91 Å². The van der Waals surface area contributed by atoms with E-state index >= 15 is 0 Å². The minimum atomic E-state index is -0.323. The van der Waals surface area contributed by atoms with Gasteiger partial charge in [0.25, 0.3) is 0 Å². The van der Waals surface area contributed by atoms with Crippen molar-refractivity contribution in [1.82, 2.24) is 25.0 Å². The number of imidazole rings is 1. The Hall–Kier alpha value is -4.07. The second-order valence-corrected chi connectivity index (χ2v) is 6.61. The largest absolute Gasteiger partial charge is 0.338 e. The molecular formula is C21H15FN6O. The first-order valence-corrected chi connectivity index (χ1v) is 8.99. The van der Waals surface area contributed by atoms with Crippen molar-refractivity contribution in [3.05, 3.63) is 72.5 Å². The van der Waals surface area contributed by atoms with Crippen molar-refractivity contribution in [1.29, 1.82) is 0 Å². The maximum absolute atomic E-state index is 13.5. The van der Waals surface area contributed by atoms with Crippen LogP contribution in [-0.4, -0.2) is 30.9 Å². The molecular weight excluding hydrogens is 371 g/mol. The molecule has 0 radical (unpaired) electrons. The Labute approximate surface area is 164 Å². The summed E-state index contributed by atoms with van der Waals surface area (Å²) >= 11 is 0. The van der Waals surface area contributed by atoms with Gasteiger partial charge in [0.15, 0.2) is 0 Å². The number of aromatic nitrogens is 5. The Morgan fingerprint density at radius 1 is 1.03 bits per heavy atom. The van der Waals surface area contributed by atoms with Gasteiger partial charge in [-0.05, 0) is 42.5 Å². The molecule has 0 aliphatic carbocycles. The fourth-order valence-corrected chi connectivity index (χ4v) is 3.23. The van der Waals surface area contributed by atoms with Gasteiger partial charge in [-0.2, -0.15) is 0 Å². The predicted molar refractivity (Wildman–Crippen MR) is 108 cm³/mol. The van der Waals surface area contributed by atoms with E-state index in [0.29, 0.717) is 17.1 Å². The van der Waals surface area contributed by atoms with E-state index in [2.05, 4.69) is 25.6 Å². The molecule has 0 saturated carbocycles. The maximum Gasteiger partial charge on any atom is 0.246 e. The summed E-state index contributed by atoms with van der Waals surface area (Å²) in [6, 6.07) is 19.1. The molecule has 0 unspecified atom stereocenters. The third kappa shape index (κ3) is 3.31. The molecule has 0 fully saturated rings. The first-order chi connectivity index (χ1) is 14.2. The first-order valence-electron chi connectivity index (χ1n) is 8.99. The Kier molecular flexibility index (Phi) is 4.02. The number of para-hydroxylation sites is 1. The molecule has 0 saturated heterocycles. The Bertz CT molecular complexity index is 1360. The van der Waals surface area contributed by atoms with E-state index in [1.54, 1.807) is 35.0 Å². The lowest BCUT2D eigenvalue weighted by molar-refractivity contribution is -0.116. The quantitative estimate of drug-likeness (QED) is 0.492. The molecule has 3 aromatic carbocycles. The van der Waals surface area contributed by atoms with Crippen LogP contribution in [0.1, 0.15) is 0 Å². The Morgan fingerprint density at radius 3 is 2.83 bits per heavy atom. The van der Waals surface area contributed by atoms with Gasteiger partial charge in [-0.25, -0.2) is 14.1 Å². The Balaban J connectivity index is 1.37. The molecule has 1 amide bonds. The fourth-order valence-electron chi connectivity index (χ4n) is 3.23. The summed E-state index contributed by atoms with van der Waals surface area (Å²) in [5, 5.41) is 10.9. The summed E-state index contributed by atoms with van der Waals surface area (Å²) in [5.41, 5.74) is 4.29. The lowest BCUT2D eigenvalue weighted by atomic mass is 10.2. The third-order valence-electron chi connectivity index (χ3n) is 4.58. The van der Waals surface area contributed by atoms with Crippen LogP contribution in [0.4, 0.5) is 10.1 Å². The number of nitrogens with zero attached hydrogens (tertiary/aromatic N) is 4. The SMILES string of the molecule is O=C(Cn1nnc2ccccc21)Nc1ccc2nc(-c3cccc(F)c3)[nH]c2c1. The van der Waals surface area contributed by atoms with E-state index in [4.69, 9.17) is 0 Å². The van der Waals surface area contributed by atoms with Crippen molar-refractivity contribution < 1.29 is 9.18 Å². The normalized spacial score (nSPS) is 11.2. The van der Waals surface area contributed by atoms with Crippen LogP contribution in [0.2, 0.25) is 0 Å². The number of aromatic amines is 1. The van der Waals surface area contributed by atoms with E-state index in [1.807, 2.05) is 24.3 Å². The van der Waals surface area contributed by atoms with Crippen molar-refractivity contribution in [3.8, 4) is 11.4 Å². The molecule has 0 atom stereocenters. The highest BCUT2D eigenvalue weighted by atomic mass is 19.1. The van der Waals surface area contributed by atoms with E-state index in [0.717, 1.165) is 22.1 Å². The van der Waals surface area contributed by atoms with Gasteiger partial charge in [-0.3, -0.25) is 4.79 Å². The van der Waals surface area contributed by atoms with Gasteiger partial charge < -0.3 is 10.3 Å². The lowest BCUT2D eigenvalue weighted by Crippen LogP contribution is -2.19. The summed E-state index contributed by atoms with van der Waals surface area (Å²) < 4.78 is 15.0. The summed E-state index contributed by atoms with van der Waals surface area (Å²) in [6.45, 7) is 0.0517. The van der Waals surface area contributed by atoms with Crippen molar-refractivity contribution in [2.75, 3.05) is 5.32 Å². The number of benzene rings is 3. The number of anilines is 1. The van der Waals surface area contributed by atoms with Gasteiger partial charge in [0.1, 0.15) is 23.7 Å². The molecule has 0 aliphatic rings. The highest BCUT2D eigenvalue weighted by molar-refractivity contribution is 5.94. The van der Waals surface area contributed by atoms with Crippen LogP contribution in [-0.2, 0) is 11.3 Å². The predicted octanol–water partition coefficient (Wildman–Crippen LogP) is 3.75. The van der Waals surface area contributed by atoms with Crippen LogP contribution >= 0.6 is 0 Å². The zero-order valence-corrected chi connectivity index (χ0v) is 15.1. The zero-order chi connectivity index (χ0) is 19.8. The van der Waals surface area contributed by atoms with Gasteiger partial charge in [0.05, 0.1) is 16.6 Å². The van der Waals surface area contributed by atoms with Crippen molar-refractivity contribution >= 4 is 33.7 Å². The molecule has 142 valence electrons. The highest BCUT2D eigenvalue weighted by Crippen LogP contribution is 2.23. The fraction of sp³-hybridized carbons (Fsp3) is 0.0476. The van der Waals surface area contributed by atoms with Crippen LogP contribution < -0.4 is 5.32 Å². The number of halogens is 1. The summed E-state index contributed by atoms with van der Waals surface area (Å²) in [5.74, 6) is 0.0264. The van der Waals surface area contributed by atoms with Gasteiger partial charge in [0, 0.05) is 11.3 Å². The molecule has 0 spiro atoms. The lowest BCUT2D eigenvalue weighted by Gasteiger charge is -2.05. The van der Waals surface area contributed by atoms with Gasteiger partial charge >= 0.3 is 0 Å². The molecule has 0 bridgehead atoms. The molecule has 7 nitrogen and oxygen atoms in total. The average molecular weight is 386 g/mol. The third-order valence-corrected chi connectivity index (χ3v) is 4.58. The second-order valence-electron chi connectivity index (χ2n) is 6.61. The second kappa shape index (κ2) is 6.83. The molecule has 0 aliphatic heterocycles. The maximum atomic E-state index is 13.5. The number of hydrogen-bond acceptors (Lipinski definition) is 4.